The average Bonchev–Trinajstić information content (AvgIpc) is 2.44. The van der Waals surface area contributed by atoms with Crippen molar-refractivity contribution >= 4 is 25.0 Å². The van der Waals surface area contributed by atoms with E-state index < -0.39 is 25.6 Å². The van der Waals surface area contributed by atoms with Crippen LogP contribution in [0.15, 0.2) is 33.5 Å². The molecule has 5 nitrogen and oxygen atoms in total. The number of aliphatic carboxylic acids is 1. The first kappa shape index (κ1) is 17.3. The van der Waals surface area contributed by atoms with Gasteiger partial charge < -0.3 is 19.1 Å². The van der Waals surface area contributed by atoms with Crippen molar-refractivity contribution in [1.29, 1.82) is 0 Å². The molecule has 2 rings (SSSR count). The largest absolute Gasteiger partial charge is 0.549 e. The number of hydrogen-bond acceptors (Lipinski definition) is 5. The van der Waals surface area contributed by atoms with Crippen LogP contribution in [0.3, 0.4) is 0 Å². The Balaban J connectivity index is 2.54. The highest BCUT2D eigenvalue weighted by Gasteiger charge is 2.22. The van der Waals surface area contributed by atoms with E-state index in [9.17, 15) is 14.7 Å². The molecule has 0 aliphatic carbocycles. The molecule has 0 saturated carbocycles. The predicted octanol–water partition coefficient (Wildman–Crippen LogP) is 2.36. The normalized spacial score (nSPS) is 13.0. The van der Waals surface area contributed by atoms with Gasteiger partial charge in [-0.3, -0.25) is 0 Å². The summed E-state index contributed by atoms with van der Waals surface area (Å²) in [5, 5.41) is 12.2. The van der Waals surface area contributed by atoms with E-state index >= 15 is 0 Å². The Kier molecular flexibility index (Phi) is 4.94. The Bertz CT molecular complexity index is 773. The van der Waals surface area contributed by atoms with Gasteiger partial charge in [0.1, 0.15) is 11.3 Å². The summed E-state index contributed by atoms with van der Waals surface area (Å²) in [5.74, 6) is -1.43. The molecule has 0 radical (unpaired) electrons. The van der Waals surface area contributed by atoms with E-state index in [-0.39, 0.29) is 0 Å². The summed E-state index contributed by atoms with van der Waals surface area (Å²) in [6.45, 7) is 6.55. The zero-order chi connectivity index (χ0) is 17.2. The van der Waals surface area contributed by atoms with E-state index in [1.165, 1.54) is 13.2 Å². The first-order valence-electron chi connectivity index (χ1n) is 7.54. The van der Waals surface area contributed by atoms with Crippen LogP contribution in [0, 0.1) is 0 Å². The molecule has 0 amide bonds. The minimum absolute atomic E-state index is 0.325. The maximum atomic E-state index is 11.8. The second-order valence-electron chi connectivity index (χ2n) is 6.85. The van der Waals surface area contributed by atoms with Gasteiger partial charge in [0.15, 0.2) is 0 Å². The van der Waals surface area contributed by atoms with Crippen LogP contribution in [0.2, 0.25) is 25.7 Å². The number of methoxy groups -OCH3 is 1. The molecule has 2 aromatic rings. The van der Waals surface area contributed by atoms with Gasteiger partial charge in [-0.15, -0.1) is 0 Å². The van der Waals surface area contributed by atoms with Crippen molar-refractivity contribution in [2.45, 2.75) is 38.0 Å². The highest BCUT2D eigenvalue weighted by Crippen LogP contribution is 2.31. The molecule has 1 heterocycles. The van der Waals surface area contributed by atoms with Gasteiger partial charge in [-0.2, -0.15) is 0 Å². The number of hydrogen-bond donors (Lipinski definition) is 0. The summed E-state index contributed by atoms with van der Waals surface area (Å²) >= 11 is 0. The van der Waals surface area contributed by atoms with Crippen molar-refractivity contribution in [2.24, 2.45) is 0 Å². The Hall–Kier alpha value is -2.08. The lowest BCUT2D eigenvalue weighted by atomic mass is 9.94. The molecule has 1 unspecified atom stereocenters. The lowest BCUT2D eigenvalue weighted by Gasteiger charge is -2.23. The Labute approximate surface area is 135 Å². The minimum Gasteiger partial charge on any atom is -0.549 e. The third kappa shape index (κ3) is 4.22. The first-order chi connectivity index (χ1) is 10.7. The van der Waals surface area contributed by atoms with Gasteiger partial charge in [-0.1, -0.05) is 25.7 Å². The minimum atomic E-state index is -1.41. The maximum absolute atomic E-state index is 11.8. The number of carboxylic acids is 1. The van der Waals surface area contributed by atoms with Crippen molar-refractivity contribution in [3.8, 4) is 5.75 Å². The van der Waals surface area contributed by atoms with Crippen LogP contribution in [0.25, 0.3) is 11.0 Å². The van der Waals surface area contributed by atoms with E-state index in [0.29, 0.717) is 28.7 Å². The standard InChI is InChI=1S/C17H22O5Si/c1-21-11-5-6-12-14(10-16(18)22-15(12)9-11)13(17(19)20)7-8-23(2,3)4/h5-6,9-10,13H,7-8H2,1-4H3,(H,19,20)/p-1. The fourth-order valence-electron chi connectivity index (χ4n) is 2.56. The molecule has 6 heteroatoms. The highest BCUT2D eigenvalue weighted by molar-refractivity contribution is 6.76. The topological polar surface area (TPSA) is 79.6 Å². The summed E-state index contributed by atoms with van der Waals surface area (Å²) < 4.78 is 10.3. The van der Waals surface area contributed by atoms with Crippen molar-refractivity contribution in [1.82, 2.24) is 0 Å². The number of carbonyl (C=O) groups excluding carboxylic acids is 1. The van der Waals surface area contributed by atoms with E-state index in [1.54, 1.807) is 18.2 Å². The third-order valence-corrected chi connectivity index (χ3v) is 5.62. The SMILES string of the molecule is COc1ccc2c(C(CC[Si](C)(C)C)C(=O)[O-])cc(=O)oc2c1. The van der Waals surface area contributed by atoms with Crippen LogP contribution in [0.5, 0.6) is 5.75 Å². The first-order valence-corrected chi connectivity index (χ1v) is 11.2. The number of ether oxygens (including phenoxy) is 1. The second kappa shape index (κ2) is 6.58. The van der Waals surface area contributed by atoms with Crippen LogP contribution >= 0.6 is 0 Å². The fraction of sp³-hybridized carbons (Fsp3) is 0.412. The quantitative estimate of drug-likeness (QED) is 0.599. The van der Waals surface area contributed by atoms with Crippen molar-refractivity contribution < 1.29 is 19.1 Å². The molecule has 0 spiro atoms. The number of rotatable bonds is 6. The molecule has 23 heavy (non-hydrogen) atoms. The molecule has 0 aliphatic rings. The van der Waals surface area contributed by atoms with Gasteiger partial charge in [0.25, 0.3) is 0 Å². The second-order valence-corrected chi connectivity index (χ2v) is 12.5. The molecule has 1 atom stereocenters. The van der Waals surface area contributed by atoms with E-state index in [2.05, 4.69) is 19.6 Å². The predicted molar refractivity (Wildman–Crippen MR) is 89.6 cm³/mol. The van der Waals surface area contributed by atoms with Gasteiger partial charge in [-0.25, -0.2) is 4.79 Å². The average molecular weight is 333 g/mol. The van der Waals surface area contributed by atoms with Crippen LogP contribution in [0.1, 0.15) is 17.9 Å². The molecule has 1 aromatic heterocycles. The zero-order valence-electron chi connectivity index (χ0n) is 13.8. The van der Waals surface area contributed by atoms with E-state index in [0.717, 1.165) is 6.04 Å². The lowest BCUT2D eigenvalue weighted by molar-refractivity contribution is -0.308. The van der Waals surface area contributed by atoms with Gasteiger partial charge in [0.05, 0.1) is 7.11 Å². The molecule has 0 saturated heterocycles. The Morgan fingerprint density at radius 2 is 2.00 bits per heavy atom. The summed E-state index contributed by atoms with van der Waals surface area (Å²) in [7, 11) is 0.108. The van der Waals surface area contributed by atoms with E-state index in [1.807, 2.05) is 0 Å². The smallest absolute Gasteiger partial charge is 0.336 e. The Morgan fingerprint density at radius 1 is 1.30 bits per heavy atom. The Morgan fingerprint density at radius 3 is 2.57 bits per heavy atom. The molecular formula is C17H21O5Si-. The van der Waals surface area contributed by atoms with Crippen LogP contribution < -0.4 is 15.5 Å². The molecular weight excluding hydrogens is 312 g/mol. The number of carbonyl (C=O) groups is 1. The summed E-state index contributed by atoms with van der Waals surface area (Å²) in [4.78, 5) is 23.5. The van der Waals surface area contributed by atoms with Crippen LogP contribution in [-0.4, -0.2) is 21.2 Å². The van der Waals surface area contributed by atoms with Gasteiger partial charge >= 0.3 is 5.63 Å². The number of fused-ring (bicyclic) bond motifs is 1. The lowest BCUT2D eigenvalue weighted by Crippen LogP contribution is -2.32. The zero-order valence-corrected chi connectivity index (χ0v) is 14.8. The molecule has 124 valence electrons. The molecule has 0 aliphatic heterocycles. The maximum Gasteiger partial charge on any atom is 0.336 e. The van der Waals surface area contributed by atoms with Crippen LogP contribution in [0.4, 0.5) is 0 Å². The fourth-order valence-corrected chi connectivity index (χ4v) is 3.72. The van der Waals surface area contributed by atoms with Crippen LogP contribution in [-0.2, 0) is 4.79 Å². The number of carboxylic acid groups (broad SMARTS) is 1. The summed E-state index contributed by atoms with van der Waals surface area (Å²) in [6.07, 6.45) is 0.461. The molecule has 0 N–H and O–H groups in total. The van der Waals surface area contributed by atoms with E-state index in [4.69, 9.17) is 9.15 Å². The van der Waals surface area contributed by atoms with Crippen molar-refractivity contribution in [2.75, 3.05) is 7.11 Å². The molecule has 0 bridgehead atoms. The summed E-state index contributed by atoms with van der Waals surface area (Å²) in [5.41, 5.74) is 0.211. The third-order valence-electron chi connectivity index (χ3n) is 3.83. The monoisotopic (exact) mass is 333 g/mol. The van der Waals surface area contributed by atoms with Gasteiger partial charge in [0, 0.05) is 37.5 Å². The molecule has 1 aromatic carbocycles. The van der Waals surface area contributed by atoms with Gasteiger partial charge in [0.2, 0.25) is 0 Å². The summed E-state index contributed by atoms with van der Waals surface area (Å²) in [6, 6.07) is 7.13. The van der Waals surface area contributed by atoms with Crippen molar-refractivity contribution in [3.63, 3.8) is 0 Å². The van der Waals surface area contributed by atoms with Crippen molar-refractivity contribution in [3.05, 3.63) is 40.2 Å². The molecule has 0 fully saturated rings. The van der Waals surface area contributed by atoms with Gasteiger partial charge in [-0.05, 0) is 24.1 Å². The highest BCUT2D eigenvalue weighted by atomic mass is 28.3. The number of benzene rings is 1.